The van der Waals surface area contributed by atoms with Gasteiger partial charge in [-0.15, -0.1) is 0 Å². The lowest BCUT2D eigenvalue weighted by Gasteiger charge is -2.24. The van der Waals surface area contributed by atoms with Crippen LogP contribution in [0.3, 0.4) is 0 Å². The number of anilines is 1. The van der Waals surface area contributed by atoms with Crippen molar-refractivity contribution in [1.29, 1.82) is 0 Å². The molecule has 1 aromatic carbocycles. The summed E-state index contributed by atoms with van der Waals surface area (Å²) in [6.07, 6.45) is 6.35. The second-order valence-electron chi connectivity index (χ2n) is 6.21. The smallest absolute Gasteiger partial charge is 0.307 e. The lowest BCUT2D eigenvalue weighted by Crippen LogP contribution is -2.36. The molecule has 1 amide bonds. The van der Waals surface area contributed by atoms with Gasteiger partial charge in [0.1, 0.15) is 0 Å². The maximum Gasteiger partial charge on any atom is 0.307 e. The predicted octanol–water partition coefficient (Wildman–Crippen LogP) is 2.70. The minimum atomic E-state index is -0.891. The van der Waals surface area contributed by atoms with Gasteiger partial charge in [0.2, 0.25) is 5.91 Å². The number of aromatic nitrogens is 1. The molecule has 1 heterocycles. The van der Waals surface area contributed by atoms with Crippen molar-refractivity contribution in [2.75, 3.05) is 5.32 Å². The van der Waals surface area contributed by atoms with Gasteiger partial charge in [0.25, 0.3) is 0 Å². The molecule has 4 atom stereocenters. The van der Waals surface area contributed by atoms with Gasteiger partial charge >= 0.3 is 5.97 Å². The van der Waals surface area contributed by atoms with E-state index in [-0.39, 0.29) is 17.7 Å². The minimum absolute atomic E-state index is 0.0176. The number of hydrogen-bond acceptors (Lipinski definition) is 3. The van der Waals surface area contributed by atoms with E-state index in [0.29, 0.717) is 11.2 Å². The number of nitrogens with zero attached hydrogens (tertiary/aromatic N) is 1. The summed E-state index contributed by atoms with van der Waals surface area (Å²) in [6, 6.07) is 9.35. The van der Waals surface area contributed by atoms with E-state index in [2.05, 4.69) is 10.3 Å². The summed E-state index contributed by atoms with van der Waals surface area (Å²) >= 11 is 0. The van der Waals surface area contributed by atoms with Crippen LogP contribution >= 0.6 is 0 Å². The standard InChI is InChI=1S/C18H16N2O3/c21-17(14-11-6-7-12(9-11)15(14)18(22)23)20-13-5-1-3-10-4-2-8-19-16(10)13/h1-8,11-12,14-15H,9H2,(H,20,21)(H,22,23)/t11-,12-,14+,15-/m0/s1. The fraction of sp³-hybridized carbons (Fsp3) is 0.278. The summed E-state index contributed by atoms with van der Waals surface area (Å²) in [5, 5.41) is 13.3. The number of carbonyl (C=O) groups excluding carboxylic acids is 1. The number of carbonyl (C=O) groups is 2. The second-order valence-corrected chi connectivity index (χ2v) is 6.21. The largest absolute Gasteiger partial charge is 0.481 e. The molecule has 2 aliphatic carbocycles. The van der Waals surface area contributed by atoms with Gasteiger partial charge in [0.05, 0.1) is 23.0 Å². The van der Waals surface area contributed by atoms with E-state index in [0.717, 1.165) is 11.8 Å². The number of benzene rings is 1. The topological polar surface area (TPSA) is 79.3 Å². The number of fused-ring (bicyclic) bond motifs is 3. The van der Waals surface area contributed by atoms with E-state index in [1.165, 1.54) is 0 Å². The monoisotopic (exact) mass is 308 g/mol. The highest BCUT2D eigenvalue weighted by atomic mass is 16.4. The number of carboxylic acid groups (broad SMARTS) is 1. The third kappa shape index (κ3) is 2.20. The van der Waals surface area contributed by atoms with Crippen LogP contribution in [-0.2, 0) is 9.59 Å². The summed E-state index contributed by atoms with van der Waals surface area (Å²) in [6.45, 7) is 0. The van der Waals surface area contributed by atoms with Crippen LogP contribution in [-0.4, -0.2) is 22.0 Å². The van der Waals surface area contributed by atoms with Crippen LogP contribution in [0.4, 0.5) is 5.69 Å². The SMILES string of the molecule is O=C(O)[C@@H]1[C@H](C(=O)Nc2cccc3cccnc23)[C@H]2C=C[C@H]1C2. The molecule has 2 aromatic rings. The predicted molar refractivity (Wildman–Crippen MR) is 85.7 cm³/mol. The molecule has 116 valence electrons. The summed E-state index contributed by atoms with van der Waals surface area (Å²) in [4.78, 5) is 28.6. The average molecular weight is 308 g/mol. The van der Waals surface area contributed by atoms with Crippen molar-refractivity contribution in [3.05, 3.63) is 48.7 Å². The van der Waals surface area contributed by atoms with Crippen LogP contribution in [0.1, 0.15) is 6.42 Å². The summed E-state index contributed by atoms with van der Waals surface area (Å²) < 4.78 is 0. The quantitative estimate of drug-likeness (QED) is 0.854. The number of nitrogens with one attached hydrogen (secondary N) is 1. The van der Waals surface area contributed by atoms with E-state index in [1.54, 1.807) is 12.3 Å². The molecule has 0 spiro atoms. The average Bonchev–Trinajstić information content (AvgIpc) is 3.16. The van der Waals surface area contributed by atoms with Crippen molar-refractivity contribution in [3.63, 3.8) is 0 Å². The molecule has 0 unspecified atom stereocenters. The van der Waals surface area contributed by atoms with Crippen LogP contribution in [0.5, 0.6) is 0 Å². The number of carboxylic acids is 1. The van der Waals surface area contributed by atoms with Gasteiger partial charge < -0.3 is 10.4 Å². The van der Waals surface area contributed by atoms with Gasteiger partial charge in [-0.1, -0.05) is 30.4 Å². The first-order chi connectivity index (χ1) is 11.1. The molecule has 5 nitrogen and oxygen atoms in total. The molecule has 2 bridgehead atoms. The number of rotatable bonds is 3. The third-order valence-corrected chi connectivity index (χ3v) is 4.94. The van der Waals surface area contributed by atoms with Crippen molar-refractivity contribution >= 4 is 28.5 Å². The number of aliphatic carboxylic acids is 1. The zero-order valence-electron chi connectivity index (χ0n) is 12.3. The highest BCUT2D eigenvalue weighted by molar-refractivity contribution is 6.02. The maximum atomic E-state index is 12.7. The molecule has 1 aromatic heterocycles. The van der Waals surface area contributed by atoms with Gasteiger partial charge in [-0.25, -0.2) is 0 Å². The van der Waals surface area contributed by atoms with Crippen LogP contribution in [0, 0.1) is 23.7 Å². The Labute approximate surface area is 133 Å². The highest BCUT2D eigenvalue weighted by Crippen LogP contribution is 2.48. The number of para-hydroxylation sites is 1. The first-order valence-electron chi connectivity index (χ1n) is 7.71. The van der Waals surface area contributed by atoms with E-state index >= 15 is 0 Å². The number of pyridine rings is 1. The molecule has 2 N–H and O–H groups in total. The van der Waals surface area contributed by atoms with Crippen molar-refractivity contribution in [1.82, 2.24) is 4.98 Å². The van der Waals surface area contributed by atoms with Crippen LogP contribution in [0.2, 0.25) is 0 Å². The maximum absolute atomic E-state index is 12.7. The summed E-state index contributed by atoms with van der Waals surface area (Å²) in [5.41, 5.74) is 1.35. The van der Waals surface area contributed by atoms with Crippen molar-refractivity contribution in [3.8, 4) is 0 Å². The van der Waals surface area contributed by atoms with Crippen LogP contribution < -0.4 is 5.32 Å². The first-order valence-corrected chi connectivity index (χ1v) is 7.71. The molecule has 0 aliphatic heterocycles. The molecule has 0 radical (unpaired) electrons. The zero-order chi connectivity index (χ0) is 16.0. The molecule has 1 fully saturated rings. The van der Waals surface area contributed by atoms with E-state index in [1.807, 2.05) is 36.4 Å². The Kier molecular flexibility index (Phi) is 3.15. The number of amides is 1. The lowest BCUT2D eigenvalue weighted by atomic mass is 9.82. The molecule has 5 heteroatoms. The molecule has 2 aliphatic rings. The molecule has 1 saturated carbocycles. The Morgan fingerprint density at radius 2 is 1.83 bits per heavy atom. The van der Waals surface area contributed by atoms with E-state index in [9.17, 15) is 14.7 Å². The number of hydrogen-bond donors (Lipinski definition) is 2. The van der Waals surface area contributed by atoms with Gasteiger partial charge in [-0.05, 0) is 30.4 Å². The highest BCUT2D eigenvalue weighted by Gasteiger charge is 2.51. The molecule has 0 saturated heterocycles. The van der Waals surface area contributed by atoms with E-state index < -0.39 is 17.8 Å². The Balaban J connectivity index is 1.65. The van der Waals surface area contributed by atoms with Gasteiger partial charge in [0, 0.05) is 11.6 Å². The van der Waals surface area contributed by atoms with Crippen molar-refractivity contribution < 1.29 is 14.7 Å². The Morgan fingerprint density at radius 3 is 2.61 bits per heavy atom. The normalized spacial score (nSPS) is 28.2. The number of allylic oxidation sites excluding steroid dienone is 2. The lowest BCUT2D eigenvalue weighted by molar-refractivity contribution is -0.146. The fourth-order valence-electron chi connectivity index (χ4n) is 3.94. The zero-order valence-corrected chi connectivity index (χ0v) is 12.3. The molecular formula is C18H16N2O3. The Hall–Kier alpha value is -2.69. The van der Waals surface area contributed by atoms with Gasteiger partial charge in [-0.2, -0.15) is 0 Å². The van der Waals surface area contributed by atoms with E-state index in [4.69, 9.17) is 0 Å². The molecule has 4 rings (SSSR count). The molecule has 23 heavy (non-hydrogen) atoms. The summed E-state index contributed by atoms with van der Waals surface area (Å²) in [5.74, 6) is -2.28. The van der Waals surface area contributed by atoms with Crippen LogP contribution in [0.25, 0.3) is 10.9 Å². The summed E-state index contributed by atoms with van der Waals surface area (Å²) in [7, 11) is 0. The molecular weight excluding hydrogens is 292 g/mol. The van der Waals surface area contributed by atoms with Gasteiger partial charge in [0.15, 0.2) is 0 Å². The van der Waals surface area contributed by atoms with Crippen molar-refractivity contribution in [2.24, 2.45) is 23.7 Å². The van der Waals surface area contributed by atoms with Crippen molar-refractivity contribution in [2.45, 2.75) is 6.42 Å². The Bertz CT molecular complexity index is 825. The third-order valence-electron chi connectivity index (χ3n) is 4.94. The first kappa shape index (κ1) is 13.9. The van der Waals surface area contributed by atoms with Crippen LogP contribution in [0.15, 0.2) is 48.7 Å². The minimum Gasteiger partial charge on any atom is -0.481 e. The second kappa shape index (κ2) is 5.19. The fourth-order valence-corrected chi connectivity index (χ4v) is 3.94. The van der Waals surface area contributed by atoms with Gasteiger partial charge in [-0.3, -0.25) is 14.6 Å². The Morgan fingerprint density at radius 1 is 1.09 bits per heavy atom.